The molecule has 3 rings (SSSR count). The van der Waals surface area contributed by atoms with Crippen LogP contribution in [0, 0.1) is 6.92 Å². The van der Waals surface area contributed by atoms with Gasteiger partial charge in [-0.05, 0) is 25.3 Å². The molecule has 21 heavy (non-hydrogen) atoms. The van der Waals surface area contributed by atoms with E-state index >= 15 is 0 Å². The summed E-state index contributed by atoms with van der Waals surface area (Å²) in [4.78, 5) is 17.1. The third kappa shape index (κ3) is 2.81. The zero-order valence-electron chi connectivity index (χ0n) is 11.9. The minimum atomic E-state index is 0.0104. The summed E-state index contributed by atoms with van der Waals surface area (Å²) < 4.78 is 5.96. The van der Waals surface area contributed by atoms with Crippen molar-refractivity contribution < 1.29 is 9.53 Å². The number of carbonyl (C=O) groups excluding carboxylic acids is 1. The van der Waals surface area contributed by atoms with Crippen LogP contribution in [0.3, 0.4) is 0 Å². The van der Waals surface area contributed by atoms with E-state index in [0.29, 0.717) is 17.9 Å². The molecule has 0 bridgehead atoms. The number of fused-ring (bicyclic) bond motifs is 1. The van der Waals surface area contributed by atoms with E-state index in [1.54, 1.807) is 18.3 Å². The highest BCUT2D eigenvalue weighted by molar-refractivity contribution is 7.11. The van der Waals surface area contributed by atoms with Crippen molar-refractivity contribution in [2.45, 2.75) is 20.5 Å². The Hall–Kier alpha value is -2.20. The van der Waals surface area contributed by atoms with Gasteiger partial charge in [-0.15, -0.1) is 11.3 Å². The normalized spacial score (nSPS) is 10.8. The number of Topliss-reactive ketones (excluding diaryl/α,β-unsaturated/α-hetero) is 1. The Morgan fingerprint density at radius 2 is 2.05 bits per heavy atom. The van der Waals surface area contributed by atoms with E-state index < -0.39 is 0 Å². The van der Waals surface area contributed by atoms with Gasteiger partial charge in [0.2, 0.25) is 0 Å². The van der Waals surface area contributed by atoms with Crippen LogP contribution in [0.15, 0.2) is 42.6 Å². The van der Waals surface area contributed by atoms with Crippen molar-refractivity contribution in [2.75, 3.05) is 0 Å². The molecule has 0 radical (unpaired) electrons. The molecule has 0 saturated heterocycles. The lowest BCUT2D eigenvalue weighted by molar-refractivity contribution is 0.101. The highest BCUT2D eigenvalue weighted by atomic mass is 32.1. The van der Waals surface area contributed by atoms with E-state index in [2.05, 4.69) is 4.98 Å². The minimum Gasteiger partial charge on any atom is -0.487 e. The molecule has 0 spiro atoms. The molecule has 1 aromatic heterocycles. The maximum atomic E-state index is 11.8. The van der Waals surface area contributed by atoms with Crippen LogP contribution in [0.2, 0.25) is 0 Å². The minimum absolute atomic E-state index is 0.0104. The molecule has 106 valence electrons. The molecule has 3 aromatic rings. The van der Waals surface area contributed by atoms with Gasteiger partial charge >= 0.3 is 0 Å². The molecule has 0 atom stereocenters. The van der Waals surface area contributed by atoms with E-state index in [-0.39, 0.29) is 5.78 Å². The Bertz CT molecular complexity index is 807. The average Bonchev–Trinajstić information content (AvgIpc) is 2.90. The average molecular weight is 297 g/mol. The second kappa shape index (κ2) is 5.66. The van der Waals surface area contributed by atoms with E-state index in [9.17, 15) is 4.79 Å². The summed E-state index contributed by atoms with van der Waals surface area (Å²) in [6.07, 6.45) is 1.82. The number of ether oxygens (including phenoxy) is 1. The first-order valence-electron chi connectivity index (χ1n) is 6.72. The third-order valence-electron chi connectivity index (χ3n) is 3.29. The van der Waals surface area contributed by atoms with Crippen molar-refractivity contribution >= 4 is 27.9 Å². The number of aryl methyl sites for hydroxylation is 1. The molecule has 2 aromatic carbocycles. The van der Waals surface area contributed by atoms with Crippen LogP contribution in [-0.4, -0.2) is 10.8 Å². The lowest BCUT2D eigenvalue weighted by Crippen LogP contribution is -2.01. The molecule has 0 aliphatic carbocycles. The van der Waals surface area contributed by atoms with Gasteiger partial charge in [0.1, 0.15) is 12.4 Å². The van der Waals surface area contributed by atoms with Gasteiger partial charge < -0.3 is 4.74 Å². The number of ketones is 1. The first kappa shape index (κ1) is 13.8. The van der Waals surface area contributed by atoms with Crippen molar-refractivity contribution in [1.82, 2.24) is 4.98 Å². The molecule has 0 aliphatic rings. The van der Waals surface area contributed by atoms with Crippen molar-refractivity contribution in [3.05, 3.63) is 58.0 Å². The molecular formula is C17H15NO2S. The van der Waals surface area contributed by atoms with Crippen LogP contribution in [-0.2, 0) is 6.61 Å². The molecule has 0 saturated carbocycles. The van der Waals surface area contributed by atoms with E-state index in [1.165, 1.54) is 0 Å². The zero-order valence-corrected chi connectivity index (χ0v) is 12.7. The second-order valence-corrected chi connectivity index (χ2v) is 6.17. The fraction of sp³-hybridized carbons (Fsp3) is 0.176. The van der Waals surface area contributed by atoms with E-state index in [1.807, 2.05) is 49.5 Å². The van der Waals surface area contributed by atoms with Crippen LogP contribution >= 0.6 is 11.3 Å². The summed E-state index contributed by atoms with van der Waals surface area (Å²) in [5, 5.41) is 3.04. The summed E-state index contributed by atoms with van der Waals surface area (Å²) in [7, 11) is 0. The predicted molar refractivity (Wildman–Crippen MR) is 85.1 cm³/mol. The lowest BCUT2D eigenvalue weighted by atomic mass is 10.0. The number of nitrogens with zero attached hydrogens (tertiary/aromatic N) is 1. The Kier molecular flexibility index (Phi) is 3.71. The Morgan fingerprint density at radius 3 is 2.76 bits per heavy atom. The van der Waals surface area contributed by atoms with Gasteiger partial charge in [-0.2, -0.15) is 0 Å². The molecule has 0 amide bonds. The number of rotatable bonds is 4. The van der Waals surface area contributed by atoms with Gasteiger partial charge in [-0.1, -0.05) is 30.3 Å². The Morgan fingerprint density at radius 1 is 1.24 bits per heavy atom. The topological polar surface area (TPSA) is 39.2 Å². The second-order valence-electron chi connectivity index (χ2n) is 4.85. The number of hydrogen-bond donors (Lipinski definition) is 0. The molecule has 0 aliphatic heterocycles. The molecule has 0 unspecified atom stereocenters. The van der Waals surface area contributed by atoms with Gasteiger partial charge in [-0.3, -0.25) is 4.79 Å². The van der Waals surface area contributed by atoms with Crippen LogP contribution < -0.4 is 4.74 Å². The largest absolute Gasteiger partial charge is 0.487 e. The first-order chi connectivity index (χ1) is 10.1. The summed E-state index contributed by atoms with van der Waals surface area (Å²) in [5.41, 5.74) is 0.620. The van der Waals surface area contributed by atoms with Gasteiger partial charge in [0.15, 0.2) is 5.78 Å². The van der Waals surface area contributed by atoms with Gasteiger partial charge in [0, 0.05) is 11.6 Å². The zero-order chi connectivity index (χ0) is 14.8. The highest BCUT2D eigenvalue weighted by Gasteiger charge is 2.13. The number of thiazole rings is 1. The first-order valence-corrected chi connectivity index (χ1v) is 7.53. The van der Waals surface area contributed by atoms with Crippen LogP contribution in [0.5, 0.6) is 5.75 Å². The predicted octanol–water partition coefficient (Wildman–Crippen LogP) is 4.39. The maximum Gasteiger partial charge on any atom is 0.163 e. The quantitative estimate of drug-likeness (QED) is 0.671. The van der Waals surface area contributed by atoms with Crippen molar-refractivity contribution in [1.29, 1.82) is 0 Å². The van der Waals surface area contributed by atoms with E-state index in [0.717, 1.165) is 20.7 Å². The number of benzene rings is 2. The van der Waals surface area contributed by atoms with Gasteiger partial charge in [0.05, 0.1) is 15.4 Å². The molecule has 4 heteroatoms. The number of carbonyl (C=O) groups is 1. The summed E-state index contributed by atoms with van der Waals surface area (Å²) >= 11 is 1.61. The number of aromatic nitrogens is 1. The van der Waals surface area contributed by atoms with Gasteiger partial charge in [-0.25, -0.2) is 4.98 Å². The van der Waals surface area contributed by atoms with Gasteiger partial charge in [0.25, 0.3) is 0 Å². The number of hydrogen-bond acceptors (Lipinski definition) is 4. The highest BCUT2D eigenvalue weighted by Crippen LogP contribution is 2.31. The standard InChI is InChI=1S/C17H15NO2S/c1-11(19)15-8-7-13-5-3-4-6-16(13)17(15)20-10-14-9-18-12(2)21-14/h3-9H,10H2,1-2H3. The third-order valence-corrected chi connectivity index (χ3v) is 4.17. The fourth-order valence-electron chi connectivity index (χ4n) is 2.29. The molecule has 1 heterocycles. The summed E-state index contributed by atoms with van der Waals surface area (Å²) in [6, 6.07) is 11.7. The smallest absolute Gasteiger partial charge is 0.163 e. The fourth-order valence-corrected chi connectivity index (χ4v) is 3.00. The summed E-state index contributed by atoms with van der Waals surface area (Å²) in [6.45, 7) is 3.96. The van der Waals surface area contributed by atoms with Crippen LogP contribution in [0.1, 0.15) is 27.2 Å². The molecule has 0 N–H and O–H groups in total. The Labute approximate surface area is 127 Å². The molecule has 3 nitrogen and oxygen atoms in total. The van der Waals surface area contributed by atoms with E-state index in [4.69, 9.17) is 4.74 Å². The summed E-state index contributed by atoms with van der Waals surface area (Å²) in [5.74, 6) is 0.669. The van der Waals surface area contributed by atoms with Crippen LogP contribution in [0.4, 0.5) is 0 Å². The maximum absolute atomic E-state index is 11.8. The Balaban J connectivity index is 2.01. The monoisotopic (exact) mass is 297 g/mol. The molecular weight excluding hydrogens is 282 g/mol. The SMILES string of the molecule is CC(=O)c1ccc2ccccc2c1OCc1cnc(C)s1. The van der Waals surface area contributed by atoms with Crippen molar-refractivity contribution in [2.24, 2.45) is 0 Å². The molecule has 0 fully saturated rings. The van der Waals surface area contributed by atoms with Crippen molar-refractivity contribution in [3.63, 3.8) is 0 Å². The lowest BCUT2D eigenvalue weighted by Gasteiger charge is -2.12. The van der Waals surface area contributed by atoms with Crippen molar-refractivity contribution in [3.8, 4) is 5.75 Å². The van der Waals surface area contributed by atoms with Crippen LogP contribution in [0.25, 0.3) is 10.8 Å².